The fourth-order valence-electron chi connectivity index (χ4n) is 3.15. The summed E-state index contributed by atoms with van der Waals surface area (Å²) in [4.78, 5) is 18.0. The molecule has 1 amide bonds. The van der Waals surface area contributed by atoms with Crippen LogP contribution in [0, 0.1) is 3.70 Å². The highest BCUT2D eigenvalue weighted by Crippen LogP contribution is 2.33. The zero-order valence-electron chi connectivity index (χ0n) is 12.8. The fourth-order valence-corrected chi connectivity index (χ4v) is 3.94. The third-order valence-corrected chi connectivity index (χ3v) is 4.92. The van der Waals surface area contributed by atoms with Gasteiger partial charge in [0, 0.05) is 19.9 Å². The average molecular weight is 427 g/mol. The van der Waals surface area contributed by atoms with Gasteiger partial charge < -0.3 is 15.4 Å². The second-order valence-corrected chi connectivity index (χ2v) is 6.54. The Kier molecular flexibility index (Phi) is 4.53. The molecule has 0 aliphatic carbocycles. The van der Waals surface area contributed by atoms with Gasteiger partial charge in [0.25, 0.3) is 0 Å². The Morgan fingerprint density at radius 1 is 1.65 bits per heavy atom. The summed E-state index contributed by atoms with van der Waals surface area (Å²) in [7, 11) is 1.64. The van der Waals surface area contributed by atoms with E-state index < -0.39 is 0 Å². The van der Waals surface area contributed by atoms with E-state index in [2.05, 4.69) is 39.3 Å². The summed E-state index contributed by atoms with van der Waals surface area (Å²) in [6.45, 7) is 4.66. The quantitative estimate of drug-likeness (QED) is 0.592. The van der Waals surface area contributed by atoms with Crippen molar-refractivity contribution in [2.45, 2.75) is 18.5 Å². The summed E-state index contributed by atoms with van der Waals surface area (Å²) in [5.74, 6) is 0.394. The molecule has 2 aromatic heterocycles. The van der Waals surface area contributed by atoms with E-state index in [0.717, 1.165) is 21.0 Å². The van der Waals surface area contributed by atoms with E-state index in [1.807, 2.05) is 10.7 Å². The molecule has 1 aliphatic rings. The first kappa shape index (κ1) is 16.2. The molecule has 0 aromatic carbocycles. The van der Waals surface area contributed by atoms with Crippen molar-refractivity contribution < 1.29 is 9.53 Å². The maximum Gasteiger partial charge on any atom is 0.246 e. The molecule has 2 aromatic rings. The Morgan fingerprint density at radius 3 is 3.13 bits per heavy atom. The van der Waals surface area contributed by atoms with Crippen LogP contribution in [0.2, 0.25) is 0 Å². The van der Waals surface area contributed by atoms with Crippen LogP contribution in [0.1, 0.15) is 12.5 Å². The highest BCUT2D eigenvalue weighted by atomic mass is 127. The minimum atomic E-state index is -0.0816. The zero-order chi connectivity index (χ0) is 16.6. The number of nitrogens with two attached hydrogens (primary N) is 1. The Bertz CT molecular complexity index is 760. The third-order valence-electron chi connectivity index (χ3n) is 4.16. The molecule has 3 heterocycles. The summed E-state index contributed by atoms with van der Waals surface area (Å²) in [5, 5.41) is 5.49. The Morgan fingerprint density at radius 2 is 2.43 bits per heavy atom. The van der Waals surface area contributed by atoms with Gasteiger partial charge in [-0.2, -0.15) is 5.10 Å². The number of nitrogens with zero attached hydrogens (tertiary/aromatic N) is 4. The van der Waals surface area contributed by atoms with Crippen LogP contribution in [0.4, 0.5) is 5.82 Å². The summed E-state index contributed by atoms with van der Waals surface area (Å²) in [6.07, 6.45) is 3.81. The molecule has 23 heavy (non-hydrogen) atoms. The molecule has 7 nitrogen and oxygen atoms in total. The van der Waals surface area contributed by atoms with Crippen molar-refractivity contribution in [1.82, 2.24) is 19.7 Å². The molecule has 122 valence electrons. The molecule has 1 aliphatic heterocycles. The van der Waals surface area contributed by atoms with E-state index in [-0.39, 0.29) is 18.0 Å². The summed E-state index contributed by atoms with van der Waals surface area (Å²) >= 11 is 2.17. The van der Waals surface area contributed by atoms with Crippen molar-refractivity contribution in [1.29, 1.82) is 0 Å². The first-order valence-electron chi connectivity index (χ1n) is 7.27. The topological polar surface area (TPSA) is 86.3 Å². The van der Waals surface area contributed by atoms with E-state index in [9.17, 15) is 4.79 Å². The number of rotatable bonds is 4. The van der Waals surface area contributed by atoms with Gasteiger partial charge in [0.05, 0.1) is 29.6 Å². The smallest absolute Gasteiger partial charge is 0.246 e. The van der Waals surface area contributed by atoms with Gasteiger partial charge in [-0.1, -0.05) is 6.58 Å². The monoisotopic (exact) mass is 427 g/mol. The van der Waals surface area contributed by atoms with Crippen LogP contribution < -0.4 is 5.73 Å². The van der Waals surface area contributed by atoms with E-state index in [0.29, 0.717) is 19.0 Å². The van der Waals surface area contributed by atoms with Gasteiger partial charge in [-0.3, -0.25) is 9.48 Å². The number of anilines is 1. The molecule has 3 rings (SSSR count). The molecule has 0 saturated carbocycles. The maximum absolute atomic E-state index is 12.1. The minimum absolute atomic E-state index is 0.0200. The van der Waals surface area contributed by atoms with Gasteiger partial charge in [-0.15, -0.1) is 0 Å². The Hall–Kier alpha value is -1.68. The van der Waals surface area contributed by atoms with Crippen LogP contribution in [-0.4, -0.2) is 51.9 Å². The van der Waals surface area contributed by atoms with Crippen molar-refractivity contribution in [2.75, 3.05) is 26.0 Å². The molecular formula is C15H18IN5O2. The van der Waals surface area contributed by atoms with Gasteiger partial charge >= 0.3 is 0 Å². The number of hydrogen-bond acceptors (Lipinski definition) is 5. The van der Waals surface area contributed by atoms with E-state index in [1.54, 1.807) is 18.2 Å². The second-order valence-electron chi connectivity index (χ2n) is 5.52. The Labute approximate surface area is 147 Å². The van der Waals surface area contributed by atoms with Crippen molar-refractivity contribution >= 4 is 45.2 Å². The van der Waals surface area contributed by atoms with Crippen molar-refractivity contribution in [2.24, 2.45) is 0 Å². The van der Waals surface area contributed by atoms with Crippen LogP contribution in [0.3, 0.4) is 0 Å². The average Bonchev–Trinajstić information content (AvgIpc) is 3.09. The molecule has 0 radical (unpaired) electrons. The largest absolute Gasteiger partial charge is 0.383 e. The lowest BCUT2D eigenvalue weighted by Gasteiger charge is -2.22. The van der Waals surface area contributed by atoms with Crippen LogP contribution in [0.5, 0.6) is 0 Å². The zero-order valence-corrected chi connectivity index (χ0v) is 14.9. The van der Waals surface area contributed by atoms with Gasteiger partial charge in [0.1, 0.15) is 9.52 Å². The number of fused-ring (bicyclic) bond motifs is 1. The van der Waals surface area contributed by atoms with Crippen LogP contribution in [0.25, 0.3) is 10.9 Å². The molecule has 1 fully saturated rings. The lowest BCUT2D eigenvalue weighted by Crippen LogP contribution is -2.37. The summed E-state index contributed by atoms with van der Waals surface area (Å²) < 4.78 is 8.03. The predicted octanol–water partition coefficient (Wildman–Crippen LogP) is 1.59. The molecular weight excluding hydrogens is 409 g/mol. The van der Waals surface area contributed by atoms with Crippen LogP contribution in [-0.2, 0) is 9.53 Å². The van der Waals surface area contributed by atoms with E-state index in [1.165, 1.54) is 6.08 Å². The second kappa shape index (κ2) is 6.44. The summed E-state index contributed by atoms with van der Waals surface area (Å²) in [6, 6.07) is 2.00. The van der Waals surface area contributed by atoms with Crippen molar-refractivity contribution in [3.63, 3.8) is 0 Å². The molecule has 2 atom stereocenters. The van der Waals surface area contributed by atoms with Crippen LogP contribution in [0.15, 0.2) is 24.9 Å². The summed E-state index contributed by atoms with van der Waals surface area (Å²) in [5.41, 5.74) is 6.91. The molecule has 0 bridgehead atoms. The number of nitrogen functional groups attached to an aromatic ring is 1. The number of ether oxygens (including phenoxy) is 1. The maximum atomic E-state index is 12.1. The number of methoxy groups -OCH3 is 1. The SMILES string of the molecule is C=CC(=O)N1CC(n2nc(I)c3c(N)nccc32)C[C@@H]1COC. The third kappa shape index (κ3) is 2.80. The number of likely N-dealkylation sites (tertiary alicyclic amines) is 1. The minimum Gasteiger partial charge on any atom is -0.383 e. The van der Waals surface area contributed by atoms with Gasteiger partial charge in [0.15, 0.2) is 0 Å². The number of carbonyl (C=O) groups excluding carboxylic acids is 1. The van der Waals surface area contributed by atoms with Crippen molar-refractivity contribution in [3.8, 4) is 0 Å². The standard InChI is InChI=1S/C15H18IN5O2/c1-3-12(22)20-7-9(6-10(20)8-23-2)21-11-4-5-18-15(17)13(11)14(16)19-21/h3-5,9-10H,1,6-8H2,2H3,(H2,17,18)/t9?,10-/m1/s1. The van der Waals surface area contributed by atoms with Gasteiger partial charge in [-0.25, -0.2) is 4.98 Å². The predicted molar refractivity (Wildman–Crippen MR) is 95.9 cm³/mol. The first-order chi connectivity index (χ1) is 11.1. The van der Waals surface area contributed by atoms with E-state index >= 15 is 0 Å². The number of hydrogen-bond donors (Lipinski definition) is 1. The Balaban J connectivity index is 1.98. The molecule has 8 heteroatoms. The molecule has 0 spiro atoms. The lowest BCUT2D eigenvalue weighted by atomic mass is 10.2. The highest BCUT2D eigenvalue weighted by Gasteiger charge is 2.36. The number of carbonyl (C=O) groups is 1. The number of amides is 1. The number of aromatic nitrogens is 3. The highest BCUT2D eigenvalue weighted by molar-refractivity contribution is 14.1. The van der Waals surface area contributed by atoms with Crippen LogP contribution >= 0.6 is 22.6 Å². The van der Waals surface area contributed by atoms with E-state index in [4.69, 9.17) is 10.5 Å². The molecule has 1 saturated heterocycles. The van der Waals surface area contributed by atoms with Gasteiger partial charge in [0.2, 0.25) is 5.91 Å². The first-order valence-corrected chi connectivity index (χ1v) is 8.34. The van der Waals surface area contributed by atoms with Gasteiger partial charge in [-0.05, 0) is 41.2 Å². The number of pyridine rings is 1. The number of halogens is 1. The van der Waals surface area contributed by atoms with Crippen molar-refractivity contribution in [3.05, 3.63) is 28.6 Å². The fraction of sp³-hybridized carbons (Fsp3) is 0.400. The lowest BCUT2D eigenvalue weighted by molar-refractivity contribution is -0.127. The normalized spacial score (nSPS) is 21.0. The molecule has 2 N–H and O–H groups in total. The molecule has 1 unspecified atom stereocenters.